The molecule has 1 aliphatic rings. The largest absolute Gasteiger partial charge is 0.507 e. The number of fused-ring (bicyclic) bond motifs is 1. The molecule has 2 aromatic rings. The van der Waals surface area contributed by atoms with E-state index in [-0.39, 0.29) is 17.2 Å². The summed E-state index contributed by atoms with van der Waals surface area (Å²) in [7, 11) is 0. The summed E-state index contributed by atoms with van der Waals surface area (Å²) < 4.78 is 13.5. The van der Waals surface area contributed by atoms with Gasteiger partial charge in [-0.2, -0.15) is 0 Å². The number of rotatable bonds is 3. The molecule has 0 aromatic heterocycles. The molecule has 1 atom stereocenters. The lowest BCUT2D eigenvalue weighted by Gasteiger charge is -2.30. The van der Waals surface area contributed by atoms with Crippen molar-refractivity contribution in [3.8, 4) is 5.75 Å². The Morgan fingerprint density at radius 3 is 2.80 bits per heavy atom. The molecule has 0 radical (unpaired) electrons. The van der Waals surface area contributed by atoms with Crippen molar-refractivity contribution in [3.05, 3.63) is 65.0 Å². The molecule has 2 N–H and O–H groups in total. The quantitative estimate of drug-likeness (QED) is 0.901. The maximum atomic E-state index is 13.5. The first-order chi connectivity index (χ1) is 9.66. The van der Waals surface area contributed by atoms with Crippen molar-refractivity contribution in [1.82, 2.24) is 5.32 Å². The van der Waals surface area contributed by atoms with Crippen molar-refractivity contribution in [3.63, 3.8) is 0 Å². The monoisotopic (exact) mass is 271 g/mol. The number of nitrogens with one attached hydrogen (secondary N) is 1. The molecule has 0 bridgehead atoms. The summed E-state index contributed by atoms with van der Waals surface area (Å²) in [6.45, 7) is 0.448. The van der Waals surface area contributed by atoms with E-state index in [9.17, 15) is 14.3 Å². The molecule has 20 heavy (non-hydrogen) atoms. The smallest absolute Gasteiger partial charge is 0.258 e. The van der Waals surface area contributed by atoms with Crippen LogP contribution in [-0.2, 0) is 6.42 Å². The average Bonchev–Trinajstić information content (AvgIpc) is 2.39. The number of halogens is 1. The second kappa shape index (κ2) is 4.96. The van der Waals surface area contributed by atoms with E-state index < -0.39 is 11.7 Å². The minimum Gasteiger partial charge on any atom is -0.507 e. The molecule has 4 heteroatoms. The van der Waals surface area contributed by atoms with Crippen molar-refractivity contribution < 1.29 is 14.3 Å². The third-order valence-electron chi connectivity index (χ3n) is 3.69. The Morgan fingerprint density at radius 1 is 1.25 bits per heavy atom. The molecule has 1 amide bonds. The number of amides is 1. The van der Waals surface area contributed by atoms with Crippen molar-refractivity contribution in [2.24, 2.45) is 0 Å². The Kier molecular flexibility index (Phi) is 3.14. The number of carbonyl (C=O) groups excluding carboxylic acids is 1. The molecule has 1 unspecified atom stereocenters. The van der Waals surface area contributed by atoms with Gasteiger partial charge in [-0.1, -0.05) is 30.3 Å². The molecule has 0 heterocycles. The molecule has 0 fully saturated rings. The summed E-state index contributed by atoms with van der Waals surface area (Å²) in [4.78, 5) is 11.9. The lowest BCUT2D eigenvalue weighted by Crippen LogP contribution is -2.33. The van der Waals surface area contributed by atoms with Crippen LogP contribution in [0.1, 0.15) is 27.4 Å². The normalized spacial score (nSPS) is 16.1. The summed E-state index contributed by atoms with van der Waals surface area (Å²) in [6, 6.07) is 11.9. The molecule has 1 aliphatic carbocycles. The fourth-order valence-corrected chi connectivity index (χ4v) is 2.59. The number of phenolic OH excluding ortho intramolecular Hbond substituents is 1. The van der Waals surface area contributed by atoms with E-state index in [0.717, 1.165) is 12.5 Å². The number of hydrogen-bond donors (Lipinski definition) is 2. The first-order valence-electron chi connectivity index (χ1n) is 6.50. The number of phenols is 1. The number of aromatic hydroxyl groups is 1. The fourth-order valence-electron chi connectivity index (χ4n) is 2.59. The van der Waals surface area contributed by atoms with Gasteiger partial charge < -0.3 is 10.4 Å². The van der Waals surface area contributed by atoms with Gasteiger partial charge in [0.25, 0.3) is 5.91 Å². The van der Waals surface area contributed by atoms with Crippen LogP contribution in [0, 0.1) is 5.82 Å². The van der Waals surface area contributed by atoms with E-state index in [2.05, 4.69) is 11.4 Å². The lowest BCUT2D eigenvalue weighted by atomic mass is 9.77. The first kappa shape index (κ1) is 12.7. The molecule has 2 aromatic carbocycles. The van der Waals surface area contributed by atoms with E-state index >= 15 is 0 Å². The Balaban J connectivity index is 1.67. The molecular weight excluding hydrogens is 257 g/mol. The van der Waals surface area contributed by atoms with Crippen LogP contribution >= 0.6 is 0 Å². The van der Waals surface area contributed by atoms with Crippen LogP contribution in [0.25, 0.3) is 0 Å². The van der Waals surface area contributed by atoms with Crippen molar-refractivity contribution in [1.29, 1.82) is 0 Å². The number of benzene rings is 2. The van der Waals surface area contributed by atoms with Gasteiger partial charge in [-0.3, -0.25) is 4.79 Å². The van der Waals surface area contributed by atoms with Gasteiger partial charge >= 0.3 is 0 Å². The SMILES string of the molecule is O=C(NCC1Cc2ccccc21)c1c(O)cccc1F. The molecule has 3 rings (SSSR count). The average molecular weight is 271 g/mol. The lowest BCUT2D eigenvalue weighted by molar-refractivity contribution is 0.0943. The van der Waals surface area contributed by atoms with Crippen molar-refractivity contribution in [2.45, 2.75) is 12.3 Å². The highest BCUT2D eigenvalue weighted by atomic mass is 19.1. The van der Waals surface area contributed by atoms with Gasteiger partial charge in [0, 0.05) is 12.5 Å². The topological polar surface area (TPSA) is 49.3 Å². The maximum Gasteiger partial charge on any atom is 0.258 e. The molecule has 3 nitrogen and oxygen atoms in total. The van der Waals surface area contributed by atoms with E-state index in [1.54, 1.807) is 0 Å². The third kappa shape index (κ3) is 2.13. The van der Waals surface area contributed by atoms with Crippen LogP contribution in [0.3, 0.4) is 0 Å². The maximum absolute atomic E-state index is 13.5. The summed E-state index contributed by atoms with van der Waals surface area (Å²) in [6.07, 6.45) is 0.916. The Labute approximate surface area is 116 Å². The van der Waals surface area contributed by atoms with Crippen LogP contribution in [0.15, 0.2) is 42.5 Å². The van der Waals surface area contributed by atoms with Gasteiger partial charge in [-0.25, -0.2) is 4.39 Å². The van der Waals surface area contributed by atoms with E-state index in [1.165, 1.54) is 23.3 Å². The van der Waals surface area contributed by atoms with E-state index in [1.807, 2.05) is 18.2 Å². The van der Waals surface area contributed by atoms with Gasteiger partial charge in [0.1, 0.15) is 17.1 Å². The molecule has 0 saturated heterocycles. The molecule has 102 valence electrons. The fraction of sp³-hybridized carbons (Fsp3) is 0.188. The van der Waals surface area contributed by atoms with Gasteiger partial charge in [-0.05, 0) is 29.7 Å². The minimum atomic E-state index is -0.712. The second-order valence-corrected chi connectivity index (χ2v) is 4.94. The summed E-state index contributed by atoms with van der Waals surface area (Å²) >= 11 is 0. The summed E-state index contributed by atoms with van der Waals surface area (Å²) in [5.74, 6) is -1.36. The van der Waals surface area contributed by atoms with E-state index in [0.29, 0.717) is 6.54 Å². The highest BCUT2D eigenvalue weighted by Crippen LogP contribution is 2.34. The number of carbonyl (C=O) groups is 1. The zero-order valence-corrected chi connectivity index (χ0v) is 10.8. The number of hydrogen-bond acceptors (Lipinski definition) is 2. The van der Waals surface area contributed by atoms with Crippen LogP contribution < -0.4 is 5.32 Å². The third-order valence-corrected chi connectivity index (χ3v) is 3.69. The Bertz CT molecular complexity index is 649. The highest BCUT2D eigenvalue weighted by Gasteiger charge is 2.26. The van der Waals surface area contributed by atoms with Crippen molar-refractivity contribution >= 4 is 5.91 Å². The minimum absolute atomic E-state index is 0.268. The van der Waals surface area contributed by atoms with Gasteiger partial charge in [0.05, 0.1) is 0 Å². The predicted molar refractivity (Wildman–Crippen MR) is 73.3 cm³/mol. The molecular formula is C16H14FNO2. The molecule has 0 spiro atoms. The summed E-state index contributed by atoms with van der Waals surface area (Å²) in [5.41, 5.74) is 2.23. The summed E-state index contributed by atoms with van der Waals surface area (Å²) in [5, 5.41) is 12.2. The van der Waals surface area contributed by atoms with Crippen LogP contribution in [-0.4, -0.2) is 17.6 Å². The second-order valence-electron chi connectivity index (χ2n) is 4.94. The van der Waals surface area contributed by atoms with Crippen LogP contribution in [0.4, 0.5) is 4.39 Å². The standard InChI is InChI=1S/C16H14FNO2/c17-13-6-3-7-14(19)15(13)16(20)18-9-11-8-10-4-1-2-5-12(10)11/h1-7,11,19H,8-9H2,(H,18,20). The predicted octanol–water partition coefficient (Wildman–Crippen LogP) is 2.60. The highest BCUT2D eigenvalue weighted by molar-refractivity contribution is 5.97. The zero-order chi connectivity index (χ0) is 14.1. The Morgan fingerprint density at radius 2 is 2.05 bits per heavy atom. The Hall–Kier alpha value is -2.36. The zero-order valence-electron chi connectivity index (χ0n) is 10.8. The van der Waals surface area contributed by atoms with E-state index in [4.69, 9.17) is 0 Å². The first-order valence-corrected chi connectivity index (χ1v) is 6.50. The van der Waals surface area contributed by atoms with Crippen LogP contribution in [0.5, 0.6) is 5.75 Å². The van der Waals surface area contributed by atoms with Crippen molar-refractivity contribution in [2.75, 3.05) is 6.54 Å². The van der Waals surface area contributed by atoms with Gasteiger partial charge in [0.15, 0.2) is 0 Å². The van der Waals surface area contributed by atoms with Gasteiger partial charge in [0.2, 0.25) is 0 Å². The molecule has 0 aliphatic heterocycles. The van der Waals surface area contributed by atoms with Gasteiger partial charge in [-0.15, -0.1) is 0 Å². The molecule has 0 saturated carbocycles. The van der Waals surface area contributed by atoms with Crippen LogP contribution in [0.2, 0.25) is 0 Å².